The Hall–Kier alpha value is -3.80. The maximum atomic E-state index is 12.9. The highest BCUT2D eigenvalue weighted by atomic mass is 16.5. The number of ether oxygens (including phenoxy) is 1. The summed E-state index contributed by atoms with van der Waals surface area (Å²) < 4.78 is 5.46. The van der Waals surface area contributed by atoms with Gasteiger partial charge in [-0.3, -0.25) is 9.59 Å². The lowest BCUT2D eigenvalue weighted by Crippen LogP contribution is -2.48. The number of nitrogens with zero attached hydrogens (tertiary/aromatic N) is 2. The smallest absolute Gasteiger partial charge is 0.255 e. The number of rotatable bonds is 5. The van der Waals surface area contributed by atoms with Crippen LogP contribution in [-0.4, -0.2) is 50.0 Å². The van der Waals surface area contributed by atoms with Crippen molar-refractivity contribution in [3.63, 3.8) is 0 Å². The van der Waals surface area contributed by atoms with E-state index in [1.54, 1.807) is 43.5 Å². The molecule has 158 valence electrons. The first kappa shape index (κ1) is 20.5. The maximum Gasteiger partial charge on any atom is 0.255 e. The van der Waals surface area contributed by atoms with E-state index >= 15 is 0 Å². The van der Waals surface area contributed by atoms with Crippen LogP contribution in [0.25, 0.3) is 0 Å². The van der Waals surface area contributed by atoms with E-state index < -0.39 is 0 Å². The molecule has 0 bridgehead atoms. The summed E-state index contributed by atoms with van der Waals surface area (Å²) in [7, 11) is 1.67. The molecule has 6 heteroatoms. The summed E-state index contributed by atoms with van der Waals surface area (Å²) in [6, 6.07) is 24.0. The van der Waals surface area contributed by atoms with Crippen LogP contribution in [0, 0.1) is 0 Å². The number of anilines is 2. The number of para-hydroxylation sites is 2. The Morgan fingerprint density at radius 1 is 0.774 bits per heavy atom. The van der Waals surface area contributed by atoms with E-state index in [4.69, 9.17) is 4.74 Å². The monoisotopic (exact) mass is 415 g/mol. The van der Waals surface area contributed by atoms with Crippen molar-refractivity contribution < 1.29 is 14.3 Å². The van der Waals surface area contributed by atoms with Crippen LogP contribution in [0.15, 0.2) is 78.9 Å². The molecule has 1 heterocycles. The van der Waals surface area contributed by atoms with Gasteiger partial charge in [0.15, 0.2) is 0 Å². The van der Waals surface area contributed by atoms with Crippen molar-refractivity contribution in [3.05, 3.63) is 90.0 Å². The van der Waals surface area contributed by atoms with Crippen molar-refractivity contribution in [2.24, 2.45) is 0 Å². The fourth-order valence-electron chi connectivity index (χ4n) is 3.71. The van der Waals surface area contributed by atoms with E-state index in [9.17, 15) is 9.59 Å². The second-order valence-corrected chi connectivity index (χ2v) is 7.35. The molecule has 1 fully saturated rings. The summed E-state index contributed by atoms with van der Waals surface area (Å²) in [5.41, 5.74) is 2.92. The van der Waals surface area contributed by atoms with Gasteiger partial charge in [0, 0.05) is 43.0 Å². The molecule has 6 nitrogen and oxygen atoms in total. The van der Waals surface area contributed by atoms with Crippen LogP contribution in [-0.2, 0) is 0 Å². The minimum absolute atomic E-state index is 0.000567. The van der Waals surface area contributed by atoms with Crippen LogP contribution < -0.4 is 15.0 Å². The molecule has 0 saturated carbocycles. The van der Waals surface area contributed by atoms with E-state index in [1.165, 1.54) is 0 Å². The number of methoxy groups -OCH3 is 1. The third-order valence-electron chi connectivity index (χ3n) is 5.42. The van der Waals surface area contributed by atoms with Crippen LogP contribution in [0.2, 0.25) is 0 Å². The zero-order chi connectivity index (χ0) is 21.6. The van der Waals surface area contributed by atoms with Crippen LogP contribution in [0.3, 0.4) is 0 Å². The van der Waals surface area contributed by atoms with Crippen molar-refractivity contribution >= 4 is 23.2 Å². The van der Waals surface area contributed by atoms with Crippen LogP contribution in [0.1, 0.15) is 20.7 Å². The van der Waals surface area contributed by atoms with Gasteiger partial charge in [-0.25, -0.2) is 0 Å². The van der Waals surface area contributed by atoms with Crippen LogP contribution in [0.5, 0.6) is 5.75 Å². The number of amides is 2. The minimum atomic E-state index is -0.174. The molecular weight excluding hydrogens is 390 g/mol. The Balaban J connectivity index is 1.35. The number of nitrogens with one attached hydrogen (secondary N) is 1. The lowest BCUT2D eigenvalue weighted by molar-refractivity contribution is 0.0746. The van der Waals surface area contributed by atoms with Gasteiger partial charge in [0.2, 0.25) is 0 Å². The number of hydrogen-bond acceptors (Lipinski definition) is 4. The van der Waals surface area contributed by atoms with Gasteiger partial charge in [0.25, 0.3) is 11.8 Å². The Morgan fingerprint density at radius 2 is 1.42 bits per heavy atom. The molecule has 3 aromatic rings. The summed E-state index contributed by atoms with van der Waals surface area (Å²) in [5.74, 6) is 0.670. The second kappa shape index (κ2) is 9.34. The number of piperazine rings is 1. The summed E-state index contributed by atoms with van der Waals surface area (Å²) in [5, 5.41) is 2.86. The molecule has 4 rings (SSSR count). The first-order valence-electron chi connectivity index (χ1n) is 10.3. The normalized spacial score (nSPS) is 13.6. The van der Waals surface area contributed by atoms with E-state index in [0.717, 1.165) is 24.5 Å². The largest absolute Gasteiger partial charge is 0.495 e. The highest BCUT2D eigenvalue weighted by Gasteiger charge is 2.23. The molecular formula is C25H25N3O3. The summed E-state index contributed by atoms with van der Waals surface area (Å²) in [6.07, 6.45) is 0. The molecule has 1 saturated heterocycles. The Labute approximate surface area is 182 Å². The van der Waals surface area contributed by atoms with Crippen molar-refractivity contribution in [1.29, 1.82) is 0 Å². The minimum Gasteiger partial charge on any atom is -0.495 e. The predicted molar refractivity (Wildman–Crippen MR) is 122 cm³/mol. The lowest BCUT2D eigenvalue weighted by Gasteiger charge is -2.36. The highest BCUT2D eigenvalue weighted by Crippen LogP contribution is 2.28. The summed E-state index contributed by atoms with van der Waals surface area (Å²) in [4.78, 5) is 29.3. The quantitative estimate of drug-likeness (QED) is 0.686. The summed E-state index contributed by atoms with van der Waals surface area (Å²) >= 11 is 0. The molecule has 0 radical (unpaired) electrons. The molecule has 1 aliphatic heterocycles. The van der Waals surface area contributed by atoms with Gasteiger partial charge in [0.1, 0.15) is 5.75 Å². The maximum absolute atomic E-state index is 12.9. The molecule has 0 spiro atoms. The Morgan fingerprint density at radius 3 is 2.10 bits per heavy atom. The van der Waals surface area contributed by atoms with Gasteiger partial charge in [0.05, 0.1) is 12.8 Å². The standard InChI is InChI=1S/C25H25N3O3/c1-31-23-10-6-5-9-22(23)27-15-17-28(18-16-27)25(30)20-11-13-21(14-12-20)26-24(29)19-7-3-2-4-8-19/h2-14H,15-18H2,1H3,(H,26,29). The molecule has 0 aliphatic carbocycles. The number of carbonyl (C=O) groups excluding carboxylic acids is 2. The third-order valence-corrected chi connectivity index (χ3v) is 5.42. The van der Waals surface area contributed by atoms with Crippen molar-refractivity contribution in [2.45, 2.75) is 0 Å². The lowest BCUT2D eigenvalue weighted by atomic mass is 10.1. The van der Waals surface area contributed by atoms with E-state index in [-0.39, 0.29) is 11.8 Å². The van der Waals surface area contributed by atoms with Gasteiger partial charge in [-0.1, -0.05) is 30.3 Å². The number of benzene rings is 3. The van der Waals surface area contributed by atoms with Crippen LogP contribution >= 0.6 is 0 Å². The van der Waals surface area contributed by atoms with E-state index in [2.05, 4.69) is 10.2 Å². The van der Waals surface area contributed by atoms with E-state index in [0.29, 0.717) is 29.9 Å². The van der Waals surface area contributed by atoms with Crippen molar-refractivity contribution in [2.75, 3.05) is 43.5 Å². The molecule has 1 aliphatic rings. The third kappa shape index (κ3) is 4.69. The fourth-order valence-corrected chi connectivity index (χ4v) is 3.71. The zero-order valence-corrected chi connectivity index (χ0v) is 17.5. The highest BCUT2D eigenvalue weighted by molar-refractivity contribution is 6.04. The van der Waals surface area contributed by atoms with Crippen molar-refractivity contribution in [1.82, 2.24) is 4.90 Å². The number of hydrogen-bond donors (Lipinski definition) is 1. The SMILES string of the molecule is COc1ccccc1N1CCN(C(=O)c2ccc(NC(=O)c3ccccc3)cc2)CC1. The van der Waals surface area contributed by atoms with Gasteiger partial charge in [-0.15, -0.1) is 0 Å². The number of carbonyl (C=O) groups is 2. The molecule has 31 heavy (non-hydrogen) atoms. The van der Waals surface area contributed by atoms with E-state index in [1.807, 2.05) is 47.4 Å². The van der Waals surface area contributed by atoms with Gasteiger partial charge in [-0.2, -0.15) is 0 Å². The average Bonchev–Trinajstić information content (AvgIpc) is 2.84. The predicted octanol–water partition coefficient (Wildman–Crippen LogP) is 3.91. The molecule has 1 N–H and O–H groups in total. The summed E-state index contributed by atoms with van der Waals surface area (Å²) in [6.45, 7) is 2.78. The first-order valence-corrected chi connectivity index (χ1v) is 10.3. The molecule has 0 aromatic heterocycles. The van der Waals surface area contributed by atoms with Crippen LogP contribution in [0.4, 0.5) is 11.4 Å². The van der Waals surface area contributed by atoms with Gasteiger partial charge >= 0.3 is 0 Å². The van der Waals surface area contributed by atoms with Gasteiger partial charge < -0.3 is 19.9 Å². The molecule has 3 aromatic carbocycles. The molecule has 2 amide bonds. The van der Waals surface area contributed by atoms with Gasteiger partial charge in [-0.05, 0) is 48.5 Å². The molecule has 0 unspecified atom stereocenters. The van der Waals surface area contributed by atoms with Crippen molar-refractivity contribution in [3.8, 4) is 5.75 Å². The second-order valence-electron chi connectivity index (χ2n) is 7.35. The Kier molecular flexibility index (Phi) is 6.17. The Bertz CT molecular complexity index is 1040. The molecule has 0 atom stereocenters. The fraction of sp³-hybridized carbons (Fsp3) is 0.200. The zero-order valence-electron chi connectivity index (χ0n) is 17.5. The first-order chi connectivity index (χ1) is 15.2. The topological polar surface area (TPSA) is 61.9 Å². The average molecular weight is 415 g/mol.